The van der Waals surface area contributed by atoms with Crippen LogP contribution in [0.1, 0.15) is 29.6 Å². The van der Waals surface area contributed by atoms with E-state index in [1.54, 1.807) is 4.90 Å². The Labute approximate surface area is 124 Å². The lowest BCUT2D eigenvalue weighted by molar-refractivity contribution is -0.0448. The summed E-state index contributed by atoms with van der Waals surface area (Å²) in [6.07, 6.45) is 2.72. The summed E-state index contributed by atoms with van der Waals surface area (Å²) in [5.74, 6) is -2.24. The molecule has 2 unspecified atom stereocenters. The predicted molar refractivity (Wildman–Crippen MR) is 72.5 cm³/mol. The molecule has 1 heterocycles. The summed E-state index contributed by atoms with van der Waals surface area (Å²) in [6, 6.07) is 2.17. The minimum absolute atomic E-state index is 0.00858. The molecule has 0 bridgehead atoms. The second kappa shape index (κ2) is 5.41. The first-order valence-corrected chi connectivity index (χ1v) is 7.44. The molecule has 1 amide bonds. The SMILES string of the molecule is O=C(c1c(F)cc(Br)cc1F)N1CCOC2CCCC21. The highest BCUT2D eigenvalue weighted by molar-refractivity contribution is 9.10. The number of fused-ring (bicyclic) bond motifs is 1. The fourth-order valence-electron chi connectivity index (χ4n) is 3.07. The Morgan fingerprint density at radius 3 is 2.70 bits per heavy atom. The van der Waals surface area contributed by atoms with Crippen LogP contribution in [-0.4, -0.2) is 36.1 Å². The number of carbonyl (C=O) groups excluding carboxylic acids is 1. The number of hydrogen-bond acceptors (Lipinski definition) is 2. The lowest BCUT2D eigenvalue weighted by atomic mass is 10.1. The van der Waals surface area contributed by atoms with Gasteiger partial charge >= 0.3 is 0 Å². The van der Waals surface area contributed by atoms with Crippen molar-refractivity contribution in [3.63, 3.8) is 0 Å². The topological polar surface area (TPSA) is 29.5 Å². The Morgan fingerprint density at radius 1 is 1.30 bits per heavy atom. The van der Waals surface area contributed by atoms with E-state index in [1.165, 1.54) is 0 Å². The molecule has 1 saturated carbocycles. The third kappa shape index (κ3) is 2.35. The van der Waals surface area contributed by atoms with Gasteiger partial charge in [0.25, 0.3) is 5.91 Å². The molecule has 2 aliphatic rings. The van der Waals surface area contributed by atoms with Crippen LogP contribution in [0.15, 0.2) is 16.6 Å². The van der Waals surface area contributed by atoms with Crippen LogP contribution in [-0.2, 0) is 4.74 Å². The Hall–Kier alpha value is -1.01. The summed E-state index contributed by atoms with van der Waals surface area (Å²) < 4.78 is 33.7. The van der Waals surface area contributed by atoms with Gasteiger partial charge in [0.2, 0.25) is 0 Å². The third-order valence-corrected chi connectivity index (χ3v) is 4.42. The summed E-state index contributed by atoms with van der Waals surface area (Å²) >= 11 is 3.01. The minimum Gasteiger partial charge on any atom is -0.374 e. The van der Waals surface area contributed by atoms with Gasteiger partial charge in [0.05, 0.1) is 18.8 Å². The molecule has 1 aromatic rings. The molecular formula is C14H14BrF2NO2. The number of halogens is 3. The second-order valence-corrected chi connectivity index (χ2v) is 6.07. The summed E-state index contributed by atoms with van der Waals surface area (Å²) in [6.45, 7) is 0.807. The number of ether oxygens (including phenoxy) is 1. The number of rotatable bonds is 1. The van der Waals surface area contributed by atoms with Crippen LogP contribution in [0.4, 0.5) is 8.78 Å². The van der Waals surface area contributed by atoms with Gasteiger partial charge in [-0.1, -0.05) is 15.9 Å². The molecule has 0 spiro atoms. The van der Waals surface area contributed by atoms with Crippen LogP contribution in [0, 0.1) is 11.6 Å². The van der Waals surface area contributed by atoms with E-state index >= 15 is 0 Å². The van der Waals surface area contributed by atoms with Gasteiger partial charge in [-0.25, -0.2) is 8.78 Å². The number of nitrogens with zero attached hydrogens (tertiary/aromatic N) is 1. The third-order valence-electron chi connectivity index (χ3n) is 3.96. The van der Waals surface area contributed by atoms with Crippen LogP contribution < -0.4 is 0 Å². The van der Waals surface area contributed by atoms with Crippen molar-refractivity contribution in [2.45, 2.75) is 31.4 Å². The van der Waals surface area contributed by atoms with Gasteiger partial charge < -0.3 is 9.64 Å². The van der Waals surface area contributed by atoms with Crippen molar-refractivity contribution in [2.24, 2.45) is 0 Å². The molecule has 1 aliphatic heterocycles. The number of hydrogen-bond donors (Lipinski definition) is 0. The maximum atomic E-state index is 13.9. The molecule has 1 aliphatic carbocycles. The monoisotopic (exact) mass is 345 g/mol. The zero-order chi connectivity index (χ0) is 14.3. The van der Waals surface area contributed by atoms with Gasteiger partial charge in [-0.15, -0.1) is 0 Å². The average Bonchev–Trinajstić information content (AvgIpc) is 2.85. The van der Waals surface area contributed by atoms with E-state index in [9.17, 15) is 13.6 Å². The largest absolute Gasteiger partial charge is 0.374 e. The van der Waals surface area contributed by atoms with Crippen molar-refractivity contribution < 1.29 is 18.3 Å². The highest BCUT2D eigenvalue weighted by Crippen LogP contribution is 2.31. The second-order valence-electron chi connectivity index (χ2n) is 5.15. The molecule has 6 heteroatoms. The summed E-state index contributed by atoms with van der Waals surface area (Å²) in [7, 11) is 0. The van der Waals surface area contributed by atoms with E-state index in [0.717, 1.165) is 31.4 Å². The van der Waals surface area contributed by atoms with Crippen molar-refractivity contribution in [1.29, 1.82) is 0 Å². The van der Waals surface area contributed by atoms with Gasteiger partial charge in [-0.05, 0) is 31.4 Å². The van der Waals surface area contributed by atoms with E-state index < -0.39 is 23.1 Å². The van der Waals surface area contributed by atoms with Gasteiger partial charge in [0, 0.05) is 11.0 Å². The zero-order valence-electron chi connectivity index (χ0n) is 10.7. The van der Waals surface area contributed by atoms with Crippen LogP contribution in [0.2, 0.25) is 0 Å². The van der Waals surface area contributed by atoms with E-state index in [2.05, 4.69) is 15.9 Å². The fraction of sp³-hybridized carbons (Fsp3) is 0.500. The number of amides is 1. The Balaban J connectivity index is 1.92. The molecule has 2 atom stereocenters. The van der Waals surface area contributed by atoms with Crippen LogP contribution in [0.5, 0.6) is 0 Å². The molecule has 0 N–H and O–H groups in total. The average molecular weight is 346 g/mol. The van der Waals surface area contributed by atoms with Crippen LogP contribution in [0.25, 0.3) is 0 Å². The maximum Gasteiger partial charge on any atom is 0.260 e. The summed E-state index contributed by atoms with van der Waals surface area (Å²) in [5.41, 5.74) is -0.472. The molecule has 20 heavy (non-hydrogen) atoms. The van der Waals surface area contributed by atoms with Gasteiger partial charge in [-0.3, -0.25) is 4.79 Å². The summed E-state index contributed by atoms with van der Waals surface area (Å²) in [4.78, 5) is 14.0. The zero-order valence-corrected chi connectivity index (χ0v) is 12.3. The molecule has 1 saturated heterocycles. The van der Waals surface area contributed by atoms with Gasteiger partial charge in [0.1, 0.15) is 17.2 Å². The normalized spacial score (nSPS) is 25.6. The van der Waals surface area contributed by atoms with Crippen molar-refractivity contribution in [1.82, 2.24) is 4.90 Å². The van der Waals surface area contributed by atoms with Crippen molar-refractivity contribution in [2.75, 3.05) is 13.2 Å². The molecule has 108 valence electrons. The molecular weight excluding hydrogens is 332 g/mol. The van der Waals surface area contributed by atoms with E-state index in [4.69, 9.17) is 4.74 Å². The van der Waals surface area contributed by atoms with E-state index in [0.29, 0.717) is 13.2 Å². The Morgan fingerprint density at radius 2 is 2.00 bits per heavy atom. The van der Waals surface area contributed by atoms with E-state index in [-0.39, 0.29) is 16.6 Å². The maximum absolute atomic E-state index is 13.9. The first-order chi connectivity index (χ1) is 9.58. The molecule has 1 aromatic carbocycles. The predicted octanol–water partition coefficient (Wildman–Crippen LogP) is 3.12. The number of morpholine rings is 1. The van der Waals surface area contributed by atoms with Crippen LogP contribution in [0.3, 0.4) is 0 Å². The lowest BCUT2D eigenvalue weighted by Crippen LogP contribution is -2.51. The Kier molecular flexibility index (Phi) is 3.77. The van der Waals surface area contributed by atoms with Crippen molar-refractivity contribution in [3.8, 4) is 0 Å². The molecule has 3 rings (SSSR count). The first-order valence-electron chi connectivity index (χ1n) is 6.65. The number of carbonyl (C=O) groups is 1. The first kappa shape index (κ1) is 13.9. The summed E-state index contributed by atoms with van der Waals surface area (Å²) in [5, 5.41) is 0. The molecule has 3 nitrogen and oxygen atoms in total. The van der Waals surface area contributed by atoms with Gasteiger partial charge in [0.15, 0.2) is 0 Å². The highest BCUT2D eigenvalue weighted by Gasteiger charge is 2.39. The Bertz CT molecular complexity index is 529. The fourth-order valence-corrected chi connectivity index (χ4v) is 3.47. The lowest BCUT2D eigenvalue weighted by Gasteiger charge is -2.37. The van der Waals surface area contributed by atoms with Crippen molar-refractivity contribution in [3.05, 3.63) is 33.8 Å². The van der Waals surface area contributed by atoms with Crippen molar-refractivity contribution >= 4 is 21.8 Å². The van der Waals surface area contributed by atoms with Crippen LogP contribution >= 0.6 is 15.9 Å². The number of benzene rings is 1. The highest BCUT2D eigenvalue weighted by atomic mass is 79.9. The van der Waals surface area contributed by atoms with E-state index in [1.807, 2.05) is 0 Å². The van der Waals surface area contributed by atoms with Gasteiger partial charge in [-0.2, -0.15) is 0 Å². The standard InChI is InChI=1S/C14H14BrF2NO2/c15-8-6-9(16)13(10(17)7-8)14(19)18-4-5-20-12-3-1-2-11(12)18/h6-7,11-12H,1-5H2. The quantitative estimate of drug-likeness (QED) is 0.782. The molecule has 2 fully saturated rings. The molecule has 0 radical (unpaired) electrons. The minimum atomic E-state index is -0.831. The smallest absolute Gasteiger partial charge is 0.260 e. The molecule has 0 aromatic heterocycles.